The molecule has 0 saturated heterocycles. The number of pyridine rings is 1. The minimum atomic E-state index is 0.462. The maximum atomic E-state index is 5.86. The van der Waals surface area contributed by atoms with Crippen molar-refractivity contribution in [2.75, 3.05) is 12.8 Å². The zero-order valence-corrected chi connectivity index (χ0v) is 13.7. The highest BCUT2D eigenvalue weighted by Crippen LogP contribution is 2.41. The van der Waals surface area contributed by atoms with Crippen LogP contribution in [0, 0.1) is 0 Å². The molecule has 1 fully saturated rings. The van der Waals surface area contributed by atoms with Crippen molar-refractivity contribution >= 4 is 33.6 Å². The SMILES string of the molecule is CN=Cc1cc(-c2ncc3cc(C4CCC4)sc3n2)cnc1N. The minimum Gasteiger partial charge on any atom is -0.383 e. The molecule has 1 aliphatic carbocycles. The Kier molecular flexibility index (Phi) is 3.53. The third kappa shape index (κ3) is 2.59. The summed E-state index contributed by atoms with van der Waals surface area (Å²) in [5.41, 5.74) is 7.50. The van der Waals surface area contributed by atoms with E-state index >= 15 is 0 Å². The van der Waals surface area contributed by atoms with E-state index in [9.17, 15) is 0 Å². The van der Waals surface area contributed by atoms with Crippen molar-refractivity contribution in [2.45, 2.75) is 25.2 Å². The van der Waals surface area contributed by atoms with Crippen LogP contribution in [-0.4, -0.2) is 28.2 Å². The second-order valence-electron chi connectivity index (χ2n) is 5.82. The predicted octanol–water partition coefficient (Wildman–Crippen LogP) is 3.65. The maximum Gasteiger partial charge on any atom is 0.162 e. The van der Waals surface area contributed by atoms with E-state index in [2.05, 4.69) is 21.0 Å². The Morgan fingerprint density at radius 3 is 2.87 bits per heavy atom. The summed E-state index contributed by atoms with van der Waals surface area (Å²) in [6, 6.07) is 4.17. The Bertz CT molecular complexity index is 895. The molecule has 6 heteroatoms. The van der Waals surface area contributed by atoms with Gasteiger partial charge in [0.25, 0.3) is 0 Å². The fraction of sp³-hybridized carbons (Fsp3) is 0.294. The van der Waals surface area contributed by atoms with E-state index in [1.54, 1.807) is 30.8 Å². The van der Waals surface area contributed by atoms with Gasteiger partial charge >= 0.3 is 0 Å². The number of hydrogen-bond acceptors (Lipinski definition) is 6. The number of nitrogen functional groups attached to an aromatic ring is 1. The summed E-state index contributed by atoms with van der Waals surface area (Å²) in [4.78, 5) is 19.9. The van der Waals surface area contributed by atoms with E-state index in [-0.39, 0.29) is 0 Å². The van der Waals surface area contributed by atoms with Crippen molar-refractivity contribution in [3.05, 3.63) is 35.0 Å². The Morgan fingerprint density at radius 2 is 2.13 bits per heavy atom. The number of aliphatic imine (C=N–C) groups is 1. The van der Waals surface area contributed by atoms with Gasteiger partial charge in [0, 0.05) is 47.0 Å². The molecule has 3 aromatic rings. The van der Waals surface area contributed by atoms with Gasteiger partial charge in [-0.05, 0) is 30.9 Å². The number of nitrogens with zero attached hydrogens (tertiary/aromatic N) is 4. The normalized spacial score (nSPS) is 15.3. The Balaban J connectivity index is 1.75. The summed E-state index contributed by atoms with van der Waals surface area (Å²) in [6.07, 6.45) is 9.26. The van der Waals surface area contributed by atoms with Crippen molar-refractivity contribution in [1.82, 2.24) is 15.0 Å². The van der Waals surface area contributed by atoms with Crippen molar-refractivity contribution in [3.63, 3.8) is 0 Å². The van der Waals surface area contributed by atoms with Crippen LogP contribution >= 0.6 is 11.3 Å². The van der Waals surface area contributed by atoms with Crippen LogP contribution in [0.1, 0.15) is 35.6 Å². The first kappa shape index (κ1) is 14.3. The van der Waals surface area contributed by atoms with Gasteiger partial charge in [0.1, 0.15) is 10.6 Å². The van der Waals surface area contributed by atoms with E-state index < -0.39 is 0 Å². The zero-order chi connectivity index (χ0) is 15.8. The molecule has 116 valence electrons. The fourth-order valence-corrected chi connectivity index (χ4v) is 3.91. The summed E-state index contributed by atoms with van der Waals surface area (Å²) in [7, 11) is 1.71. The molecular formula is C17H17N5S. The minimum absolute atomic E-state index is 0.462. The molecule has 0 radical (unpaired) electrons. The first-order valence-electron chi connectivity index (χ1n) is 7.69. The number of anilines is 1. The van der Waals surface area contributed by atoms with Gasteiger partial charge in [-0.15, -0.1) is 11.3 Å². The van der Waals surface area contributed by atoms with Gasteiger partial charge < -0.3 is 5.73 Å². The van der Waals surface area contributed by atoms with Crippen LogP contribution in [-0.2, 0) is 0 Å². The molecule has 0 amide bonds. The first-order chi connectivity index (χ1) is 11.2. The largest absolute Gasteiger partial charge is 0.383 e. The fourth-order valence-electron chi connectivity index (χ4n) is 2.74. The standard InChI is InChI=1S/C17H17N5S/c1-19-7-11-5-12(8-20-15(11)18)16-21-9-13-6-14(10-3-2-4-10)23-17(13)22-16/h5-10H,2-4H2,1H3,(H2,18,20). The second kappa shape index (κ2) is 5.70. The lowest BCUT2D eigenvalue weighted by atomic mass is 9.84. The van der Waals surface area contributed by atoms with Gasteiger partial charge in [0.05, 0.1) is 0 Å². The van der Waals surface area contributed by atoms with Crippen molar-refractivity contribution < 1.29 is 0 Å². The highest BCUT2D eigenvalue weighted by molar-refractivity contribution is 7.18. The molecule has 5 nitrogen and oxygen atoms in total. The molecule has 4 rings (SSSR count). The van der Waals surface area contributed by atoms with Crippen LogP contribution in [0.2, 0.25) is 0 Å². The summed E-state index contributed by atoms with van der Waals surface area (Å²) >= 11 is 1.79. The third-order valence-electron chi connectivity index (χ3n) is 4.28. The number of fused-ring (bicyclic) bond motifs is 1. The molecule has 0 aromatic carbocycles. The molecule has 0 bridgehead atoms. The van der Waals surface area contributed by atoms with Crippen molar-refractivity contribution in [3.8, 4) is 11.4 Å². The number of nitrogens with two attached hydrogens (primary N) is 1. The van der Waals surface area contributed by atoms with E-state index in [4.69, 9.17) is 10.7 Å². The molecule has 0 aliphatic heterocycles. The lowest BCUT2D eigenvalue weighted by Gasteiger charge is -2.23. The number of rotatable bonds is 3. The first-order valence-corrected chi connectivity index (χ1v) is 8.51. The highest BCUT2D eigenvalue weighted by atomic mass is 32.1. The zero-order valence-electron chi connectivity index (χ0n) is 12.9. The van der Waals surface area contributed by atoms with E-state index in [1.807, 2.05) is 12.3 Å². The lowest BCUT2D eigenvalue weighted by molar-refractivity contribution is 0.426. The quantitative estimate of drug-likeness (QED) is 0.746. The molecule has 3 aromatic heterocycles. The molecular weight excluding hydrogens is 306 g/mol. The van der Waals surface area contributed by atoms with Gasteiger partial charge in [-0.25, -0.2) is 15.0 Å². The number of hydrogen-bond donors (Lipinski definition) is 1. The van der Waals surface area contributed by atoms with Crippen LogP contribution in [0.25, 0.3) is 21.6 Å². The van der Waals surface area contributed by atoms with Crippen LogP contribution in [0.4, 0.5) is 5.82 Å². The van der Waals surface area contributed by atoms with Crippen molar-refractivity contribution in [2.24, 2.45) is 4.99 Å². The third-order valence-corrected chi connectivity index (χ3v) is 5.48. The molecule has 23 heavy (non-hydrogen) atoms. The van der Waals surface area contributed by atoms with Gasteiger partial charge in [0.15, 0.2) is 5.82 Å². The second-order valence-corrected chi connectivity index (χ2v) is 6.88. The van der Waals surface area contributed by atoms with Crippen molar-refractivity contribution in [1.29, 1.82) is 0 Å². The Hall–Kier alpha value is -2.34. The van der Waals surface area contributed by atoms with Crippen LogP contribution in [0.15, 0.2) is 29.5 Å². The van der Waals surface area contributed by atoms with Gasteiger partial charge in [-0.3, -0.25) is 4.99 Å². The average molecular weight is 323 g/mol. The smallest absolute Gasteiger partial charge is 0.162 e. The van der Waals surface area contributed by atoms with E-state index in [0.717, 1.165) is 27.3 Å². The lowest BCUT2D eigenvalue weighted by Crippen LogP contribution is -2.06. The molecule has 0 spiro atoms. The maximum absolute atomic E-state index is 5.86. The molecule has 0 unspecified atom stereocenters. The number of thiophene rings is 1. The monoisotopic (exact) mass is 323 g/mol. The Labute approximate surface area is 138 Å². The van der Waals surface area contributed by atoms with Crippen LogP contribution < -0.4 is 5.73 Å². The molecule has 2 N–H and O–H groups in total. The van der Waals surface area contributed by atoms with E-state index in [1.165, 1.54) is 24.1 Å². The Morgan fingerprint density at radius 1 is 1.26 bits per heavy atom. The summed E-state index contributed by atoms with van der Waals surface area (Å²) < 4.78 is 0. The molecule has 1 aliphatic rings. The van der Waals surface area contributed by atoms with Crippen LogP contribution in [0.3, 0.4) is 0 Å². The molecule has 3 heterocycles. The van der Waals surface area contributed by atoms with Gasteiger partial charge in [-0.1, -0.05) is 6.42 Å². The molecule has 1 saturated carbocycles. The van der Waals surface area contributed by atoms with E-state index in [0.29, 0.717) is 11.6 Å². The average Bonchev–Trinajstić information content (AvgIpc) is 2.90. The predicted molar refractivity (Wildman–Crippen MR) is 95.2 cm³/mol. The number of aromatic nitrogens is 3. The summed E-state index contributed by atoms with van der Waals surface area (Å²) in [6.45, 7) is 0. The highest BCUT2D eigenvalue weighted by Gasteiger charge is 2.22. The molecule has 0 atom stereocenters. The van der Waals surface area contributed by atoms with Crippen LogP contribution in [0.5, 0.6) is 0 Å². The summed E-state index contributed by atoms with van der Waals surface area (Å²) in [5, 5.41) is 1.12. The topological polar surface area (TPSA) is 77.0 Å². The summed E-state index contributed by atoms with van der Waals surface area (Å²) in [5.74, 6) is 1.87. The van der Waals surface area contributed by atoms with Gasteiger partial charge in [0.2, 0.25) is 0 Å². The van der Waals surface area contributed by atoms with Gasteiger partial charge in [-0.2, -0.15) is 0 Å².